The van der Waals surface area contributed by atoms with Gasteiger partial charge in [-0.05, 0) is 18.0 Å². The summed E-state index contributed by atoms with van der Waals surface area (Å²) >= 11 is 1.43. The minimum atomic E-state index is -0.103. The maximum absolute atomic E-state index is 12.3. The molecule has 0 aliphatic carbocycles. The Hall–Kier alpha value is -1.08. The minimum absolute atomic E-state index is 0. The van der Waals surface area contributed by atoms with Crippen molar-refractivity contribution in [2.45, 2.75) is 13.8 Å². The van der Waals surface area contributed by atoms with Crippen LogP contribution < -0.4 is 5.73 Å². The molecule has 2 aromatic heterocycles. The molecule has 0 saturated heterocycles. The lowest BCUT2D eigenvalue weighted by Gasteiger charge is -2.28. The summed E-state index contributed by atoms with van der Waals surface area (Å²) in [7, 11) is 1.77. The van der Waals surface area contributed by atoms with Crippen LogP contribution in [-0.4, -0.2) is 35.9 Å². The molecule has 8 heteroatoms. The molecule has 2 heterocycles. The third-order valence-corrected chi connectivity index (χ3v) is 3.95. The van der Waals surface area contributed by atoms with E-state index in [2.05, 4.69) is 4.98 Å². The largest absolute Gasteiger partial charge is 0.472 e. The molecule has 0 aliphatic rings. The van der Waals surface area contributed by atoms with Gasteiger partial charge < -0.3 is 15.1 Å². The molecule has 22 heavy (non-hydrogen) atoms. The average Bonchev–Trinajstić information content (AvgIpc) is 3.07. The fourth-order valence-electron chi connectivity index (χ4n) is 1.86. The van der Waals surface area contributed by atoms with E-state index in [1.54, 1.807) is 29.9 Å². The standard InChI is InChI=1S/C14H19N3O2S.2ClH/c1-14(2,8-15)9-17(3)13(18)11-7-20-12(16-11)10-4-5-19-6-10;;/h4-7H,8-9,15H2,1-3H3;2*1H. The van der Waals surface area contributed by atoms with Crippen LogP contribution in [0.25, 0.3) is 10.6 Å². The number of nitrogens with two attached hydrogens (primary N) is 1. The second-order valence-corrected chi connectivity index (χ2v) is 6.44. The van der Waals surface area contributed by atoms with Crippen LogP contribution >= 0.6 is 36.2 Å². The van der Waals surface area contributed by atoms with Crippen molar-refractivity contribution < 1.29 is 9.21 Å². The molecule has 2 rings (SSSR count). The van der Waals surface area contributed by atoms with Gasteiger partial charge in [-0.2, -0.15) is 0 Å². The maximum Gasteiger partial charge on any atom is 0.273 e. The fourth-order valence-corrected chi connectivity index (χ4v) is 2.64. The Morgan fingerprint density at radius 3 is 2.68 bits per heavy atom. The number of carbonyl (C=O) groups excluding carboxylic acids is 1. The highest BCUT2D eigenvalue weighted by molar-refractivity contribution is 7.13. The first-order chi connectivity index (χ1) is 9.43. The zero-order valence-electron chi connectivity index (χ0n) is 12.7. The van der Waals surface area contributed by atoms with Crippen molar-refractivity contribution in [2.75, 3.05) is 20.1 Å². The molecule has 0 radical (unpaired) electrons. The minimum Gasteiger partial charge on any atom is -0.472 e. The molecule has 2 aromatic rings. The molecule has 0 saturated carbocycles. The Morgan fingerprint density at radius 1 is 1.45 bits per heavy atom. The zero-order chi connectivity index (χ0) is 14.8. The van der Waals surface area contributed by atoms with Crippen LogP contribution in [0.5, 0.6) is 0 Å². The number of hydrogen-bond acceptors (Lipinski definition) is 5. The summed E-state index contributed by atoms with van der Waals surface area (Å²) in [6, 6.07) is 1.83. The number of furan rings is 1. The first-order valence-corrected chi connectivity index (χ1v) is 7.24. The van der Waals surface area contributed by atoms with E-state index in [9.17, 15) is 4.79 Å². The molecule has 5 nitrogen and oxygen atoms in total. The van der Waals surface area contributed by atoms with E-state index >= 15 is 0 Å². The topological polar surface area (TPSA) is 72.4 Å². The summed E-state index contributed by atoms with van der Waals surface area (Å²) in [4.78, 5) is 18.4. The summed E-state index contributed by atoms with van der Waals surface area (Å²) in [6.07, 6.45) is 3.21. The number of thiazole rings is 1. The average molecular weight is 366 g/mol. The van der Waals surface area contributed by atoms with Gasteiger partial charge in [0.05, 0.1) is 6.26 Å². The van der Waals surface area contributed by atoms with Gasteiger partial charge in [0.2, 0.25) is 0 Å². The van der Waals surface area contributed by atoms with Crippen LogP contribution in [0.3, 0.4) is 0 Å². The maximum atomic E-state index is 12.3. The highest BCUT2D eigenvalue weighted by Crippen LogP contribution is 2.25. The van der Waals surface area contributed by atoms with E-state index in [1.807, 2.05) is 19.9 Å². The van der Waals surface area contributed by atoms with Crippen LogP contribution in [0.4, 0.5) is 0 Å². The second-order valence-electron chi connectivity index (χ2n) is 5.58. The lowest BCUT2D eigenvalue weighted by Crippen LogP contribution is -2.39. The lowest BCUT2D eigenvalue weighted by molar-refractivity contribution is 0.0735. The van der Waals surface area contributed by atoms with Crippen molar-refractivity contribution in [3.8, 4) is 10.6 Å². The molecule has 124 valence electrons. The summed E-state index contributed by atoms with van der Waals surface area (Å²) in [5.41, 5.74) is 6.94. The third kappa shape index (κ3) is 4.98. The van der Waals surface area contributed by atoms with Gasteiger partial charge >= 0.3 is 0 Å². The van der Waals surface area contributed by atoms with E-state index < -0.39 is 0 Å². The molecule has 0 atom stereocenters. The summed E-state index contributed by atoms with van der Waals surface area (Å²) in [5.74, 6) is -0.0856. The molecule has 0 unspecified atom stereocenters. The number of carbonyl (C=O) groups is 1. The number of aromatic nitrogens is 1. The smallest absolute Gasteiger partial charge is 0.273 e. The third-order valence-electron chi connectivity index (χ3n) is 3.06. The summed E-state index contributed by atoms with van der Waals surface area (Å²) in [6.45, 7) is 5.20. The Balaban J connectivity index is 0.00000220. The van der Waals surface area contributed by atoms with Crippen LogP contribution in [-0.2, 0) is 0 Å². The molecular weight excluding hydrogens is 345 g/mol. The predicted molar refractivity (Wildman–Crippen MR) is 94.1 cm³/mol. The van der Waals surface area contributed by atoms with Gasteiger partial charge in [0, 0.05) is 24.5 Å². The number of rotatable bonds is 5. The van der Waals surface area contributed by atoms with Gasteiger partial charge in [-0.25, -0.2) is 4.98 Å². The van der Waals surface area contributed by atoms with Gasteiger partial charge in [0.1, 0.15) is 17.0 Å². The summed E-state index contributed by atoms with van der Waals surface area (Å²) in [5, 5.41) is 2.56. The van der Waals surface area contributed by atoms with Crippen LogP contribution in [0, 0.1) is 5.41 Å². The first kappa shape index (κ1) is 20.9. The van der Waals surface area contributed by atoms with E-state index in [1.165, 1.54) is 11.3 Å². The van der Waals surface area contributed by atoms with Crippen molar-refractivity contribution in [2.24, 2.45) is 11.1 Å². The predicted octanol–water partition coefficient (Wildman–Crippen LogP) is 3.30. The highest BCUT2D eigenvalue weighted by Gasteiger charge is 2.23. The van der Waals surface area contributed by atoms with Crippen molar-refractivity contribution in [3.05, 3.63) is 29.7 Å². The quantitative estimate of drug-likeness (QED) is 0.881. The van der Waals surface area contributed by atoms with Crippen LogP contribution in [0.2, 0.25) is 0 Å². The van der Waals surface area contributed by atoms with Gasteiger partial charge in [0.25, 0.3) is 5.91 Å². The van der Waals surface area contributed by atoms with E-state index in [0.717, 1.165) is 10.6 Å². The normalized spacial score (nSPS) is 10.5. The molecule has 0 aliphatic heterocycles. The molecule has 1 amide bonds. The second kappa shape index (κ2) is 8.53. The van der Waals surface area contributed by atoms with E-state index in [0.29, 0.717) is 18.8 Å². The van der Waals surface area contributed by atoms with Gasteiger partial charge in [-0.3, -0.25) is 4.79 Å². The molecular formula is C14H21Cl2N3O2S. The Bertz CT molecular complexity index is 585. The number of nitrogens with zero attached hydrogens (tertiary/aromatic N) is 2. The molecule has 0 bridgehead atoms. The van der Waals surface area contributed by atoms with Crippen LogP contribution in [0.15, 0.2) is 28.4 Å². The zero-order valence-corrected chi connectivity index (χ0v) is 15.2. The number of hydrogen-bond donors (Lipinski definition) is 1. The summed E-state index contributed by atoms with van der Waals surface area (Å²) < 4.78 is 5.02. The van der Waals surface area contributed by atoms with Crippen molar-refractivity contribution in [3.63, 3.8) is 0 Å². The van der Waals surface area contributed by atoms with Gasteiger partial charge in [0.15, 0.2) is 0 Å². The van der Waals surface area contributed by atoms with Gasteiger partial charge in [-0.1, -0.05) is 13.8 Å². The number of halogens is 2. The van der Waals surface area contributed by atoms with E-state index in [4.69, 9.17) is 10.2 Å². The molecule has 0 spiro atoms. The van der Waals surface area contributed by atoms with E-state index in [-0.39, 0.29) is 36.1 Å². The Labute approximate surface area is 146 Å². The SMILES string of the molecule is CN(CC(C)(C)CN)C(=O)c1csc(-c2ccoc2)n1.Cl.Cl. The van der Waals surface area contributed by atoms with Crippen LogP contribution in [0.1, 0.15) is 24.3 Å². The van der Waals surface area contributed by atoms with Crippen molar-refractivity contribution >= 4 is 42.1 Å². The number of amides is 1. The Morgan fingerprint density at radius 2 is 2.14 bits per heavy atom. The lowest BCUT2D eigenvalue weighted by atomic mass is 9.93. The van der Waals surface area contributed by atoms with Crippen molar-refractivity contribution in [1.29, 1.82) is 0 Å². The molecule has 2 N–H and O–H groups in total. The van der Waals surface area contributed by atoms with Crippen molar-refractivity contribution in [1.82, 2.24) is 9.88 Å². The molecule has 0 aromatic carbocycles. The van der Waals surface area contributed by atoms with Gasteiger partial charge in [-0.15, -0.1) is 36.2 Å². The molecule has 0 fully saturated rings. The fraction of sp³-hybridized carbons (Fsp3) is 0.429. The monoisotopic (exact) mass is 365 g/mol. The highest BCUT2D eigenvalue weighted by atomic mass is 35.5. The first-order valence-electron chi connectivity index (χ1n) is 6.36. The Kier molecular flexibility index (Phi) is 8.11.